The number of ether oxygens (including phenoxy) is 1. The minimum absolute atomic E-state index is 0.205. The smallest absolute Gasteiger partial charge is 0.271 e. The zero-order chi connectivity index (χ0) is 23.0. The summed E-state index contributed by atoms with van der Waals surface area (Å²) >= 11 is 1.12. The molecule has 8 nitrogen and oxygen atoms in total. The van der Waals surface area contributed by atoms with Gasteiger partial charge in [-0.25, -0.2) is 8.42 Å². The van der Waals surface area contributed by atoms with Gasteiger partial charge in [-0.2, -0.15) is 0 Å². The van der Waals surface area contributed by atoms with Crippen molar-refractivity contribution in [3.8, 4) is 0 Å². The SMILES string of the molecule is COCCCNC(=O)c1ccccc1NC(=O)c1ccc(NS(=O)(=O)c2cccs2)cc1. The number of anilines is 2. The van der Waals surface area contributed by atoms with Crippen molar-refractivity contribution in [1.29, 1.82) is 0 Å². The molecule has 0 saturated carbocycles. The van der Waals surface area contributed by atoms with Gasteiger partial charge in [-0.3, -0.25) is 14.3 Å². The van der Waals surface area contributed by atoms with Crippen LogP contribution in [0, 0.1) is 0 Å². The Morgan fingerprint density at radius 1 is 0.969 bits per heavy atom. The Labute approximate surface area is 190 Å². The zero-order valence-corrected chi connectivity index (χ0v) is 19.0. The molecule has 0 fully saturated rings. The number of nitrogens with one attached hydrogen (secondary N) is 3. The summed E-state index contributed by atoms with van der Waals surface area (Å²) in [7, 11) is -2.07. The molecular weight excluding hydrogens is 450 g/mol. The van der Waals surface area contributed by atoms with Crippen LogP contribution in [0.2, 0.25) is 0 Å². The number of methoxy groups -OCH3 is 1. The Hall–Kier alpha value is -3.21. The number of carbonyl (C=O) groups is 2. The third-order valence-electron chi connectivity index (χ3n) is 4.39. The van der Waals surface area contributed by atoms with Crippen LogP contribution >= 0.6 is 11.3 Å². The number of carbonyl (C=O) groups excluding carboxylic acids is 2. The monoisotopic (exact) mass is 473 g/mol. The standard InChI is InChI=1S/C22H23N3O5S2/c1-30-14-5-13-23-22(27)18-6-2-3-7-19(18)24-21(26)16-9-11-17(12-10-16)25-32(28,29)20-8-4-15-31-20/h2-4,6-12,15,25H,5,13-14H2,1H3,(H,23,27)(H,24,26). The molecule has 0 spiro atoms. The normalized spacial score (nSPS) is 11.0. The fourth-order valence-electron chi connectivity index (χ4n) is 2.81. The molecule has 10 heteroatoms. The molecule has 3 rings (SSSR count). The molecule has 2 aromatic carbocycles. The van der Waals surface area contributed by atoms with Crippen LogP contribution in [0.5, 0.6) is 0 Å². The fourth-order valence-corrected chi connectivity index (χ4v) is 4.86. The molecule has 3 N–H and O–H groups in total. The van der Waals surface area contributed by atoms with Crippen LogP contribution in [0.1, 0.15) is 27.1 Å². The maximum atomic E-state index is 12.7. The first-order chi connectivity index (χ1) is 15.4. The van der Waals surface area contributed by atoms with Gasteiger partial charge in [0.25, 0.3) is 21.8 Å². The summed E-state index contributed by atoms with van der Waals surface area (Å²) in [5.74, 6) is -0.715. The van der Waals surface area contributed by atoms with Crippen molar-refractivity contribution in [2.75, 3.05) is 30.3 Å². The van der Waals surface area contributed by atoms with E-state index in [1.165, 1.54) is 30.3 Å². The predicted molar refractivity (Wildman–Crippen MR) is 125 cm³/mol. The molecule has 168 valence electrons. The highest BCUT2D eigenvalue weighted by molar-refractivity contribution is 7.94. The van der Waals surface area contributed by atoms with E-state index in [-0.39, 0.29) is 10.1 Å². The lowest BCUT2D eigenvalue weighted by Gasteiger charge is -2.12. The Kier molecular flexibility index (Phi) is 7.98. The summed E-state index contributed by atoms with van der Waals surface area (Å²) in [5.41, 5.74) is 1.38. The second-order valence-corrected chi connectivity index (χ2v) is 9.57. The van der Waals surface area contributed by atoms with Crippen molar-refractivity contribution < 1.29 is 22.7 Å². The fraction of sp³-hybridized carbons (Fsp3) is 0.182. The number of thiophene rings is 1. The van der Waals surface area contributed by atoms with E-state index in [1.807, 2.05) is 0 Å². The average molecular weight is 474 g/mol. The van der Waals surface area contributed by atoms with Crippen LogP contribution in [0.25, 0.3) is 0 Å². The highest BCUT2D eigenvalue weighted by Crippen LogP contribution is 2.21. The number of hydrogen-bond acceptors (Lipinski definition) is 6. The molecule has 0 aliphatic heterocycles. The summed E-state index contributed by atoms with van der Waals surface area (Å²) in [6, 6.07) is 15.9. The van der Waals surface area contributed by atoms with Gasteiger partial charge in [-0.05, 0) is 54.3 Å². The van der Waals surface area contributed by atoms with Crippen molar-refractivity contribution in [2.24, 2.45) is 0 Å². The molecule has 2 amide bonds. The lowest BCUT2D eigenvalue weighted by atomic mass is 10.1. The van der Waals surface area contributed by atoms with E-state index < -0.39 is 15.9 Å². The van der Waals surface area contributed by atoms with E-state index in [9.17, 15) is 18.0 Å². The largest absolute Gasteiger partial charge is 0.385 e. The minimum Gasteiger partial charge on any atom is -0.385 e. The Morgan fingerprint density at radius 2 is 1.72 bits per heavy atom. The molecular formula is C22H23N3O5S2. The van der Waals surface area contributed by atoms with Crippen molar-refractivity contribution in [1.82, 2.24) is 5.32 Å². The second-order valence-electron chi connectivity index (χ2n) is 6.72. The molecule has 0 aliphatic carbocycles. The first-order valence-corrected chi connectivity index (χ1v) is 12.1. The van der Waals surface area contributed by atoms with Crippen LogP contribution in [0.4, 0.5) is 11.4 Å². The van der Waals surface area contributed by atoms with Crippen molar-refractivity contribution in [2.45, 2.75) is 10.6 Å². The molecule has 0 aliphatic rings. The van der Waals surface area contributed by atoms with Gasteiger partial charge in [0.2, 0.25) is 0 Å². The Balaban J connectivity index is 1.66. The molecule has 0 radical (unpaired) electrons. The lowest BCUT2D eigenvalue weighted by molar-refractivity contribution is 0.0949. The lowest BCUT2D eigenvalue weighted by Crippen LogP contribution is -2.26. The topological polar surface area (TPSA) is 114 Å². The van der Waals surface area contributed by atoms with E-state index in [0.29, 0.717) is 42.1 Å². The Bertz CT molecular complexity index is 1160. The van der Waals surface area contributed by atoms with Crippen LogP contribution in [-0.2, 0) is 14.8 Å². The summed E-state index contributed by atoms with van der Waals surface area (Å²) in [6.07, 6.45) is 0.680. The van der Waals surface area contributed by atoms with E-state index in [0.717, 1.165) is 11.3 Å². The highest BCUT2D eigenvalue weighted by atomic mass is 32.2. The van der Waals surface area contributed by atoms with Gasteiger partial charge in [0.1, 0.15) is 4.21 Å². The summed E-state index contributed by atoms with van der Waals surface area (Å²) < 4.78 is 32.3. The van der Waals surface area contributed by atoms with Gasteiger partial charge in [-0.1, -0.05) is 18.2 Å². The van der Waals surface area contributed by atoms with Crippen LogP contribution < -0.4 is 15.4 Å². The number of rotatable bonds is 10. The van der Waals surface area contributed by atoms with Gasteiger partial charge in [0.05, 0.1) is 11.3 Å². The number of hydrogen-bond donors (Lipinski definition) is 3. The first kappa shape index (κ1) is 23.5. The third kappa shape index (κ3) is 6.16. The molecule has 32 heavy (non-hydrogen) atoms. The number of amides is 2. The first-order valence-electron chi connectivity index (χ1n) is 9.74. The quantitative estimate of drug-likeness (QED) is 0.390. The van der Waals surface area contributed by atoms with Gasteiger partial charge >= 0.3 is 0 Å². The van der Waals surface area contributed by atoms with Crippen LogP contribution in [-0.4, -0.2) is 40.5 Å². The zero-order valence-electron chi connectivity index (χ0n) is 17.3. The molecule has 0 unspecified atom stereocenters. The molecule has 0 atom stereocenters. The number of sulfonamides is 1. The van der Waals surface area contributed by atoms with Gasteiger partial charge in [0, 0.05) is 31.5 Å². The minimum atomic E-state index is -3.66. The van der Waals surface area contributed by atoms with E-state index >= 15 is 0 Å². The molecule has 1 aromatic heterocycles. The van der Waals surface area contributed by atoms with Gasteiger partial charge in [0.15, 0.2) is 0 Å². The van der Waals surface area contributed by atoms with Crippen LogP contribution in [0.3, 0.4) is 0 Å². The van der Waals surface area contributed by atoms with Gasteiger partial charge in [-0.15, -0.1) is 11.3 Å². The maximum absolute atomic E-state index is 12.7. The molecule has 0 saturated heterocycles. The van der Waals surface area contributed by atoms with Crippen LogP contribution in [0.15, 0.2) is 70.3 Å². The van der Waals surface area contributed by atoms with E-state index in [1.54, 1.807) is 42.8 Å². The number of benzene rings is 2. The molecule has 0 bridgehead atoms. The summed E-state index contributed by atoms with van der Waals surface area (Å²) in [4.78, 5) is 25.1. The van der Waals surface area contributed by atoms with E-state index in [4.69, 9.17) is 4.74 Å². The maximum Gasteiger partial charge on any atom is 0.271 e. The van der Waals surface area contributed by atoms with Crippen molar-refractivity contribution >= 4 is 44.5 Å². The van der Waals surface area contributed by atoms with Gasteiger partial charge < -0.3 is 15.4 Å². The summed E-state index contributed by atoms with van der Waals surface area (Å²) in [5, 5.41) is 7.21. The van der Waals surface area contributed by atoms with Crippen molar-refractivity contribution in [3.63, 3.8) is 0 Å². The number of para-hydroxylation sites is 1. The third-order valence-corrected chi connectivity index (χ3v) is 7.17. The molecule has 3 aromatic rings. The van der Waals surface area contributed by atoms with E-state index in [2.05, 4.69) is 15.4 Å². The Morgan fingerprint density at radius 3 is 2.41 bits per heavy atom. The predicted octanol–water partition coefficient (Wildman–Crippen LogP) is 3.57. The average Bonchev–Trinajstić information content (AvgIpc) is 3.33. The summed E-state index contributed by atoms with van der Waals surface area (Å²) in [6.45, 7) is 0.996. The second kappa shape index (κ2) is 10.9. The molecule has 1 heterocycles. The highest BCUT2D eigenvalue weighted by Gasteiger charge is 2.16. The van der Waals surface area contributed by atoms with Crippen molar-refractivity contribution in [3.05, 3.63) is 77.2 Å².